The number of amides is 1. The molecule has 1 N–H and O–H groups in total. The van der Waals surface area contributed by atoms with Crippen LogP contribution in [0.5, 0.6) is 5.75 Å². The van der Waals surface area contributed by atoms with E-state index in [4.69, 9.17) is 4.74 Å². The highest BCUT2D eigenvalue weighted by Gasteiger charge is 2.29. The quantitative estimate of drug-likeness (QED) is 0.657. The van der Waals surface area contributed by atoms with E-state index in [1.165, 1.54) is 5.56 Å². The monoisotopic (exact) mass is 375 g/mol. The maximum atomic E-state index is 12.3. The molecule has 0 saturated heterocycles. The number of hydrogen-bond acceptors (Lipinski definition) is 3. The van der Waals surface area contributed by atoms with E-state index in [-0.39, 0.29) is 11.8 Å². The summed E-state index contributed by atoms with van der Waals surface area (Å²) >= 11 is 0. The van der Waals surface area contributed by atoms with E-state index in [9.17, 15) is 4.79 Å². The van der Waals surface area contributed by atoms with Crippen molar-refractivity contribution in [2.24, 2.45) is 7.05 Å². The standard InChI is InChI=1S/C23H25N3O2/c1-16-24-15-22(26(16)2)20-14-23(27)25-21-13-18(10-11-19(20)21)28-12-6-9-17-7-4-3-5-8-17/h3-5,7-8,10-11,13,15,20H,6,9,12,14H2,1-2H3,(H,25,27). The summed E-state index contributed by atoms with van der Waals surface area (Å²) in [4.78, 5) is 16.7. The third-order valence-corrected chi connectivity index (χ3v) is 5.40. The average molecular weight is 375 g/mol. The van der Waals surface area contributed by atoms with Gasteiger partial charge < -0.3 is 14.6 Å². The van der Waals surface area contributed by atoms with Gasteiger partial charge in [-0.2, -0.15) is 0 Å². The van der Waals surface area contributed by atoms with Gasteiger partial charge in [0, 0.05) is 43.0 Å². The molecule has 28 heavy (non-hydrogen) atoms. The topological polar surface area (TPSA) is 56.1 Å². The van der Waals surface area contributed by atoms with Crippen LogP contribution in [0.25, 0.3) is 0 Å². The van der Waals surface area contributed by atoms with Gasteiger partial charge in [-0.3, -0.25) is 4.79 Å². The summed E-state index contributed by atoms with van der Waals surface area (Å²) in [5.41, 5.74) is 4.32. The lowest BCUT2D eigenvalue weighted by Crippen LogP contribution is -2.24. The molecule has 0 radical (unpaired) electrons. The minimum atomic E-state index is 0.0158. The largest absolute Gasteiger partial charge is 0.494 e. The number of carbonyl (C=O) groups excluding carboxylic acids is 1. The summed E-state index contributed by atoms with van der Waals surface area (Å²) in [5.74, 6) is 1.77. The molecule has 0 bridgehead atoms. The summed E-state index contributed by atoms with van der Waals surface area (Å²) in [6, 6.07) is 16.4. The van der Waals surface area contributed by atoms with Gasteiger partial charge in [-0.1, -0.05) is 36.4 Å². The summed E-state index contributed by atoms with van der Waals surface area (Å²) in [6.07, 6.45) is 4.24. The number of hydrogen-bond donors (Lipinski definition) is 1. The zero-order chi connectivity index (χ0) is 19.5. The van der Waals surface area contributed by atoms with E-state index < -0.39 is 0 Å². The number of ether oxygens (including phenoxy) is 1. The van der Waals surface area contributed by atoms with Crippen molar-refractivity contribution in [3.63, 3.8) is 0 Å². The second kappa shape index (κ2) is 7.89. The lowest BCUT2D eigenvalue weighted by Gasteiger charge is -2.26. The summed E-state index contributed by atoms with van der Waals surface area (Å²) in [5, 5.41) is 2.99. The molecule has 0 spiro atoms. The fourth-order valence-corrected chi connectivity index (χ4v) is 3.75. The van der Waals surface area contributed by atoms with Crippen LogP contribution in [0.15, 0.2) is 54.7 Å². The molecular formula is C23H25N3O2. The number of imidazole rings is 1. The Morgan fingerprint density at radius 1 is 1.21 bits per heavy atom. The number of aryl methyl sites for hydroxylation is 2. The van der Waals surface area contributed by atoms with Crippen LogP contribution in [0.1, 0.15) is 41.4 Å². The predicted octanol–water partition coefficient (Wildman–Crippen LogP) is 4.21. The van der Waals surface area contributed by atoms with Crippen LogP contribution in [0, 0.1) is 6.92 Å². The molecule has 1 aliphatic rings. The van der Waals surface area contributed by atoms with Crippen molar-refractivity contribution in [2.75, 3.05) is 11.9 Å². The smallest absolute Gasteiger partial charge is 0.225 e. The second-order valence-corrected chi connectivity index (χ2v) is 7.28. The SMILES string of the molecule is Cc1ncc(C2CC(=O)Nc3cc(OCCCc4ccccc4)ccc32)n1C. The number of rotatable bonds is 6. The van der Waals surface area contributed by atoms with Crippen LogP contribution in [0.4, 0.5) is 5.69 Å². The van der Waals surface area contributed by atoms with Gasteiger partial charge in [-0.15, -0.1) is 0 Å². The van der Waals surface area contributed by atoms with E-state index in [1.54, 1.807) is 0 Å². The zero-order valence-corrected chi connectivity index (χ0v) is 16.3. The molecule has 144 valence electrons. The van der Waals surface area contributed by atoms with Crippen molar-refractivity contribution in [3.05, 3.63) is 77.4 Å². The number of fused-ring (bicyclic) bond motifs is 1. The van der Waals surface area contributed by atoms with Crippen LogP contribution in [0.3, 0.4) is 0 Å². The van der Waals surface area contributed by atoms with Gasteiger partial charge >= 0.3 is 0 Å². The molecule has 3 aromatic rings. The lowest BCUT2D eigenvalue weighted by molar-refractivity contribution is -0.116. The predicted molar refractivity (Wildman–Crippen MR) is 110 cm³/mol. The highest BCUT2D eigenvalue weighted by molar-refractivity contribution is 5.95. The molecule has 0 aliphatic carbocycles. The number of anilines is 1. The van der Waals surface area contributed by atoms with E-state index in [0.717, 1.165) is 41.4 Å². The molecule has 4 rings (SSSR count). The fraction of sp³-hybridized carbons (Fsp3) is 0.304. The first-order chi connectivity index (χ1) is 13.6. The minimum Gasteiger partial charge on any atom is -0.494 e. The van der Waals surface area contributed by atoms with Crippen LogP contribution >= 0.6 is 0 Å². The molecule has 2 heterocycles. The Hall–Kier alpha value is -3.08. The van der Waals surface area contributed by atoms with Gasteiger partial charge in [0.05, 0.1) is 6.61 Å². The molecule has 5 nitrogen and oxygen atoms in total. The van der Waals surface area contributed by atoms with Gasteiger partial charge in [0.1, 0.15) is 11.6 Å². The first-order valence-corrected chi connectivity index (χ1v) is 9.70. The molecular weight excluding hydrogens is 350 g/mol. The van der Waals surface area contributed by atoms with Crippen molar-refractivity contribution in [2.45, 2.75) is 32.1 Å². The first kappa shape index (κ1) is 18.3. The maximum Gasteiger partial charge on any atom is 0.225 e. The number of aromatic nitrogens is 2. The van der Waals surface area contributed by atoms with Gasteiger partial charge in [0.2, 0.25) is 5.91 Å². The lowest BCUT2D eigenvalue weighted by atomic mass is 9.88. The van der Waals surface area contributed by atoms with Gasteiger partial charge in [-0.25, -0.2) is 4.98 Å². The Morgan fingerprint density at radius 2 is 2.04 bits per heavy atom. The van der Waals surface area contributed by atoms with Crippen molar-refractivity contribution < 1.29 is 9.53 Å². The number of nitrogens with zero attached hydrogens (tertiary/aromatic N) is 2. The number of carbonyl (C=O) groups is 1. The van der Waals surface area contributed by atoms with Crippen molar-refractivity contribution in [1.82, 2.24) is 9.55 Å². The Labute approximate surface area is 165 Å². The van der Waals surface area contributed by atoms with Crippen LogP contribution in [-0.2, 0) is 18.3 Å². The van der Waals surface area contributed by atoms with Crippen LogP contribution in [-0.4, -0.2) is 22.1 Å². The Kier molecular flexibility index (Phi) is 5.15. The molecule has 1 amide bonds. The summed E-state index contributed by atoms with van der Waals surface area (Å²) in [7, 11) is 1.99. The van der Waals surface area contributed by atoms with Crippen LogP contribution < -0.4 is 10.1 Å². The molecule has 0 fully saturated rings. The number of nitrogens with one attached hydrogen (secondary N) is 1. The van der Waals surface area contributed by atoms with Gasteiger partial charge in [0.25, 0.3) is 0 Å². The normalized spacial score (nSPS) is 15.8. The zero-order valence-electron chi connectivity index (χ0n) is 16.3. The third-order valence-electron chi connectivity index (χ3n) is 5.40. The van der Waals surface area contributed by atoms with E-state index in [2.05, 4.69) is 45.2 Å². The molecule has 0 saturated carbocycles. The molecule has 1 atom stereocenters. The average Bonchev–Trinajstić information content (AvgIpc) is 3.04. The Balaban J connectivity index is 1.46. The van der Waals surface area contributed by atoms with Crippen LogP contribution in [0.2, 0.25) is 0 Å². The number of benzene rings is 2. The fourth-order valence-electron chi connectivity index (χ4n) is 3.75. The molecule has 1 aromatic heterocycles. The Morgan fingerprint density at radius 3 is 2.79 bits per heavy atom. The van der Waals surface area contributed by atoms with Gasteiger partial charge in [-0.05, 0) is 37.0 Å². The summed E-state index contributed by atoms with van der Waals surface area (Å²) < 4.78 is 7.99. The molecule has 1 unspecified atom stereocenters. The minimum absolute atomic E-state index is 0.0158. The third kappa shape index (κ3) is 3.79. The molecule has 1 aliphatic heterocycles. The highest BCUT2D eigenvalue weighted by Crippen LogP contribution is 2.38. The molecule has 5 heteroatoms. The van der Waals surface area contributed by atoms with E-state index >= 15 is 0 Å². The second-order valence-electron chi connectivity index (χ2n) is 7.28. The highest BCUT2D eigenvalue weighted by atomic mass is 16.5. The van der Waals surface area contributed by atoms with Crippen molar-refractivity contribution in [1.29, 1.82) is 0 Å². The maximum absolute atomic E-state index is 12.3. The summed E-state index contributed by atoms with van der Waals surface area (Å²) in [6.45, 7) is 2.62. The van der Waals surface area contributed by atoms with Gasteiger partial charge in [0.15, 0.2) is 0 Å². The van der Waals surface area contributed by atoms with E-state index in [1.807, 2.05) is 38.4 Å². The Bertz CT molecular complexity index is 979. The molecule has 2 aromatic carbocycles. The van der Waals surface area contributed by atoms with Crippen molar-refractivity contribution in [3.8, 4) is 5.75 Å². The van der Waals surface area contributed by atoms with E-state index in [0.29, 0.717) is 13.0 Å². The van der Waals surface area contributed by atoms with Crippen molar-refractivity contribution >= 4 is 11.6 Å². The first-order valence-electron chi connectivity index (χ1n) is 9.70.